The predicted octanol–water partition coefficient (Wildman–Crippen LogP) is 1.14. The average Bonchev–Trinajstić information content (AvgIpc) is 2.72. The van der Waals surface area contributed by atoms with Crippen molar-refractivity contribution in [2.24, 2.45) is 0 Å². The van der Waals surface area contributed by atoms with Crippen molar-refractivity contribution >= 4 is 24.2 Å². The van der Waals surface area contributed by atoms with E-state index in [4.69, 9.17) is 0 Å². The van der Waals surface area contributed by atoms with Gasteiger partial charge in [0, 0.05) is 31.7 Å². The summed E-state index contributed by atoms with van der Waals surface area (Å²) in [6, 6.07) is 5.71. The van der Waals surface area contributed by atoms with Crippen molar-refractivity contribution in [3.8, 4) is 0 Å². The van der Waals surface area contributed by atoms with Crippen molar-refractivity contribution in [1.82, 2.24) is 15.1 Å². The van der Waals surface area contributed by atoms with Crippen LogP contribution in [0.5, 0.6) is 0 Å². The number of halogens is 2. The van der Waals surface area contributed by atoms with Crippen LogP contribution in [-0.4, -0.2) is 61.4 Å². The summed E-state index contributed by atoms with van der Waals surface area (Å²) in [6.45, 7) is 2.52. The zero-order chi connectivity index (χ0) is 15.2. The first-order valence-electron chi connectivity index (χ1n) is 7.09. The number of hydrogen-bond acceptors (Lipinski definition) is 3. The third-order valence-corrected chi connectivity index (χ3v) is 3.54. The highest BCUT2D eigenvalue weighted by Crippen LogP contribution is 2.11. The second-order valence-corrected chi connectivity index (χ2v) is 5.07. The van der Waals surface area contributed by atoms with E-state index in [2.05, 4.69) is 5.32 Å². The number of amides is 2. The largest absolute Gasteiger partial charge is 0.340 e. The van der Waals surface area contributed by atoms with Crippen LogP contribution in [0.3, 0.4) is 0 Å². The van der Waals surface area contributed by atoms with Gasteiger partial charge in [0.2, 0.25) is 5.91 Å². The van der Waals surface area contributed by atoms with Crippen molar-refractivity contribution < 1.29 is 14.0 Å². The third kappa shape index (κ3) is 4.68. The summed E-state index contributed by atoms with van der Waals surface area (Å²) in [5, 5.41) is 2.84. The number of nitrogens with zero attached hydrogens (tertiary/aromatic N) is 2. The first-order valence-corrected chi connectivity index (χ1v) is 7.09. The smallest absolute Gasteiger partial charge is 0.254 e. The van der Waals surface area contributed by atoms with E-state index in [-0.39, 0.29) is 24.2 Å². The number of hydrogen-bond donors (Lipinski definition) is 1. The fourth-order valence-electron chi connectivity index (χ4n) is 2.44. The Kier molecular flexibility index (Phi) is 7.27. The number of nitrogens with one attached hydrogen (secondary N) is 1. The van der Waals surface area contributed by atoms with E-state index in [0.29, 0.717) is 38.3 Å². The van der Waals surface area contributed by atoms with E-state index >= 15 is 0 Å². The number of rotatable bonds is 3. The highest BCUT2D eigenvalue weighted by Gasteiger charge is 2.22. The molecule has 1 aromatic carbocycles. The molecule has 1 heterocycles. The third-order valence-electron chi connectivity index (χ3n) is 3.54. The van der Waals surface area contributed by atoms with Crippen LogP contribution in [0.1, 0.15) is 16.8 Å². The van der Waals surface area contributed by atoms with Crippen LogP contribution in [0.15, 0.2) is 24.3 Å². The van der Waals surface area contributed by atoms with Gasteiger partial charge < -0.3 is 15.1 Å². The van der Waals surface area contributed by atoms with Crippen LogP contribution in [0.2, 0.25) is 0 Å². The molecule has 2 amide bonds. The fraction of sp³-hybridized carbons (Fsp3) is 0.467. The maximum absolute atomic E-state index is 13.2. The monoisotopic (exact) mass is 329 g/mol. The Morgan fingerprint density at radius 2 is 1.86 bits per heavy atom. The summed E-state index contributed by atoms with van der Waals surface area (Å²) in [5.41, 5.74) is 0.352. The lowest BCUT2D eigenvalue weighted by Gasteiger charge is -2.22. The minimum atomic E-state index is -0.415. The summed E-state index contributed by atoms with van der Waals surface area (Å²) in [7, 11) is 1.73. The van der Waals surface area contributed by atoms with Gasteiger partial charge in [-0.15, -0.1) is 12.4 Å². The van der Waals surface area contributed by atoms with E-state index in [9.17, 15) is 14.0 Å². The molecule has 0 saturated carbocycles. The fourth-order valence-corrected chi connectivity index (χ4v) is 2.44. The minimum absolute atomic E-state index is 0. The molecule has 0 bridgehead atoms. The lowest BCUT2D eigenvalue weighted by Crippen LogP contribution is -2.40. The standard InChI is InChI=1S/C15H20FN3O2.ClH/c1-17-11-14(20)18-6-3-7-19(9-8-18)15(21)12-4-2-5-13(16)10-12;/h2,4-5,10,17H,3,6-9,11H2,1H3;1H. The zero-order valence-electron chi connectivity index (χ0n) is 12.5. The molecule has 0 atom stereocenters. The molecule has 2 rings (SSSR count). The Hall–Kier alpha value is -1.66. The second kappa shape index (κ2) is 8.70. The van der Waals surface area contributed by atoms with Gasteiger partial charge in [0.05, 0.1) is 6.54 Å². The summed E-state index contributed by atoms with van der Waals surface area (Å²) < 4.78 is 13.2. The number of benzene rings is 1. The van der Waals surface area contributed by atoms with Gasteiger partial charge in [0.15, 0.2) is 0 Å². The minimum Gasteiger partial charge on any atom is -0.340 e. The highest BCUT2D eigenvalue weighted by molar-refractivity contribution is 5.94. The summed E-state index contributed by atoms with van der Waals surface area (Å²) in [5.74, 6) is -0.559. The molecular formula is C15H21ClFN3O2. The van der Waals surface area contributed by atoms with Crippen LogP contribution < -0.4 is 5.32 Å². The molecule has 7 heteroatoms. The van der Waals surface area contributed by atoms with Gasteiger partial charge in [-0.3, -0.25) is 9.59 Å². The van der Waals surface area contributed by atoms with Gasteiger partial charge in [-0.1, -0.05) is 6.07 Å². The maximum Gasteiger partial charge on any atom is 0.254 e. The Morgan fingerprint density at radius 3 is 2.55 bits per heavy atom. The first kappa shape index (κ1) is 18.4. The topological polar surface area (TPSA) is 52.7 Å². The molecule has 122 valence electrons. The molecule has 0 aliphatic carbocycles. The maximum atomic E-state index is 13.2. The zero-order valence-corrected chi connectivity index (χ0v) is 13.4. The number of carbonyl (C=O) groups is 2. The first-order chi connectivity index (χ1) is 10.1. The molecule has 1 aromatic rings. The van der Waals surface area contributed by atoms with Crippen molar-refractivity contribution in [3.63, 3.8) is 0 Å². The van der Waals surface area contributed by atoms with E-state index in [1.54, 1.807) is 22.9 Å². The van der Waals surface area contributed by atoms with Crippen molar-refractivity contribution in [1.29, 1.82) is 0 Å². The van der Waals surface area contributed by atoms with Crippen LogP contribution in [0, 0.1) is 5.82 Å². The molecular weight excluding hydrogens is 309 g/mol. The summed E-state index contributed by atoms with van der Waals surface area (Å²) in [6.07, 6.45) is 0.733. The molecule has 1 aliphatic heterocycles. The Morgan fingerprint density at radius 1 is 1.18 bits per heavy atom. The number of likely N-dealkylation sites (N-methyl/N-ethyl adjacent to an activating group) is 1. The molecule has 22 heavy (non-hydrogen) atoms. The van der Waals surface area contributed by atoms with E-state index in [1.165, 1.54) is 18.2 Å². The van der Waals surface area contributed by atoms with Gasteiger partial charge in [-0.25, -0.2) is 4.39 Å². The Balaban J connectivity index is 0.00000242. The molecule has 0 radical (unpaired) electrons. The van der Waals surface area contributed by atoms with Crippen LogP contribution >= 0.6 is 12.4 Å². The molecule has 0 unspecified atom stereocenters. The van der Waals surface area contributed by atoms with Crippen molar-refractivity contribution in [2.75, 3.05) is 39.8 Å². The van der Waals surface area contributed by atoms with Gasteiger partial charge in [0.25, 0.3) is 5.91 Å². The number of carbonyl (C=O) groups excluding carboxylic acids is 2. The molecule has 0 aromatic heterocycles. The van der Waals surface area contributed by atoms with E-state index in [0.717, 1.165) is 6.42 Å². The lowest BCUT2D eigenvalue weighted by atomic mass is 10.2. The summed E-state index contributed by atoms with van der Waals surface area (Å²) in [4.78, 5) is 27.6. The Bertz CT molecular complexity index is 527. The highest BCUT2D eigenvalue weighted by atomic mass is 35.5. The molecule has 0 spiro atoms. The van der Waals surface area contributed by atoms with Gasteiger partial charge in [-0.05, 0) is 31.7 Å². The Labute approximate surface area is 135 Å². The van der Waals surface area contributed by atoms with Gasteiger partial charge in [0.1, 0.15) is 5.82 Å². The lowest BCUT2D eigenvalue weighted by molar-refractivity contribution is -0.130. The van der Waals surface area contributed by atoms with E-state index in [1.807, 2.05) is 0 Å². The summed E-state index contributed by atoms with van der Waals surface area (Å²) >= 11 is 0. The van der Waals surface area contributed by atoms with Crippen molar-refractivity contribution in [3.05, 3.63) is 35.6 Å². The second-order valence-electron chi connectivity index (χ2n) is 5.07. The normalized spacial score (nSPS) is 15.0. The van der Waals surface area contributed by atoms with Crippen LogP contribution in [-0.2, 0) is 4.79 Å². The van der Waals surface area contributed by atoms with E-state index < -0.39 is 5.82 Å². The average molecular weight is 330 g/mol. The van der Waals surface area contributed by atoms with Crippen LogP contribution in [0.4, 0.5) is 4.39 Å². The SMILES string of the molecule is CNCC(=O)N1CCCN(C(=O)c2cccc(F)c2)CC1.Cl. The molecule has 1 aliphatic rings. The van der Waals surface area contributed by atoms with Crippen molar-refractivity contribution in [2.45, 2.75) is 6.42 Å². The predicted molar refractivity (Wildman–Crippen MR) is 84.7 cm³/mol. The van der Waals surface area contributed by atoms with Crippen LogP contribution in [0.25, 0.3) is 0 Å². The molecule has 5 nitrogen and oxygen atoms in total. The quantitative estimate of drug-likeness (QED) is 0.905. The molecule has 1 N–H and O–H groups in total. The van der Waals surface area contributed by atoms with Gasteiger partial charge in [-0.2, -0.15) is 0 Å². The molecule has 1 fully saturated rings. The molecule has 1 saturated heterocycles. The van der Waals surface area contributed by atoms with Gasteiger partial charge >= 0.3 is 0 Å².